The van der Waals surface area contributed by atoms with Crippen molar-refractivity contribution >= 4 is 56.6 Å². The zero-order valence-corrected chi connectivity index (χ0v) is 21.1. The van der Waals surface area contributed by atoms with Crippen LogP contribution in [0.3, 0.4) is 0 Å². The van der Waals surface area contributed by atoms with Gasteiger partial charge in [-0.05, 0) is 58.5 Å². The Bertz CT molecular complexity index is 2080. The van der Waals surface area contributed by atoms with Crippen LogP contribution in [0, 0.1) is 0 Å². The van der Waals surface area contributed by atoms with Crippen molar-refractivity contribution in [1.29, 1.82) is 0 Å². The molecule has 4 heteroatoms. The number of rotatable bonds is 2. The van der Waals surface area contributed by atoms with Gasteiger partial charge in [-0.25, -0.2) is 0 Å². The highest BCUT2D eigenvalue weighted by molar-refractivity contribution is 6.90. The minimum atomic E-state index is 0.0360. The zero-order chi connectivity index (χ0) is 25.5. The van der Waals surface area contributed by atoms with Crippen LogP contribution >= 0.6 is 0 Å². The maximum atomic E-state index is 5.11. The van der Waals surface area contributed by atoms with Gasteiger partial charge in [0.2, 0.25) is 0 Å². The van der Waals surface area contributed by atoms with Gasteiger partial charge in [0.05, 0.1) is 11.2 Å². The Balaban J connectivity index is 1.51. The van der Waals surface area contributed by atoms with Gasteiger partial charge >= 0.3 is 6.85 Å². The van der Waals surface area contributed by atoms with Crippen molar-refractivity contribution in [3.8, 4) is 22.4 Å². The maximum absolute atomic E-state index is 5.11. The van der Waals surface area contributed by atoms with Crippen LogP contribution in [-0.4, -0.2) is 16.3 Å². The summed E-state index contributed by atoms with van der Waals surface area (Å²) in [6, 6.07) is 46.0. The average Bonchev–Trinajstić information content (AvgIpc) is 3.35. The monoisotopic (exact) mass is 495 g/mol. The summed E-state index contributed by atoms with van der Waals surface area (Å²) in [4.78, 5) is 7.54. The van der Waals surface area contributed by atoms with Crippen LogP contribution in [0.4, 0.5) is 17.1 Å². The zero-order valence-electron chi connectivity index (χ0n) is 21.1. The molecule has 180 valence electrons. The molecule has 4 heterocycles. The second kappa shape index (κ2) is 7.72. The van der Waals surface area contributed by atoms with Gasteiger partial charge in [-0.3, -0.25) is 4.98 Å². The summed E-state index contributed by atoms with van der Waals surface area (Å²) in [5, 5.41) is 2.53. The Morgan fingerprint density at radius 1 is 0.590 bits per heavy atom. The van der Waals surface area contributed by atoms with Crippen molar-refractivity contribution < 1.29 is 0 Å². The second-order valence-electron chi connectivity index (χ2n) is 10.4. The lowest BCUT2D eigenvalue weighted by molar-refractivity contribution is 1.23. The smallest absolute Gasteiger partial charge is 0.333 e. The molecule has 0 N–H and O–H groups in total. The number of aromatic nitrogens is 2. The Morgan fingerprint density at radius 3 is 2.21 bits per heavy atom. The topological polar surface area (TPSA) is 21.1 Å². The van der Waals surface area contributed by atoms with Gasteiger partial charge in [-0.15, -0.1) is 0 Å². The first-order valence-electron chi connectivity index (χ1n) is 13.4. The summed E-state index contributed by atoms with van der Waals surface area (Å²) in [7, 11) is 0. The summed E-state index contributed by atoms with van der Waals surface area (Å²) in [5.74, 6) is 0. The molecule has 0 fully saturated rings. The maximum Gasteiger partial charge on any atom is 0.333 e. The molecule has 2 aliphatic heterocycles. The van der Waals surface area contributed by atoms with Gasteiger partial charge in [0, 0.05) is 45.1 Å². The third-order valence-corrected chi connectivity index (χ3v) is 8.42. The van der Waals surface area contributed by atoms with Crippen LogP contribution in [0.15, 0.2) is 134 Å². The van der Waals surface area contributed by atoms with E-state index in [0.29, 0.717) is 0 Å². The van der Waals surface area contributed by atoms with Gasteiger partial charge in [-0.1, -0.05) is 91.0 Å². The van der Waals surface area contributed by atoms with E-state index in [-0.39, 0.29) is 6.85 Å². The van der Waals surface area contributed by atoms with Crippen molar-refractivity contribution in [2.75, 3.05) is 4.90 Å². The molecule has 0 atom stereocenters. The van der Waals surface area contributed by atoms with Gasteiger partial charge in [0.1, 0.15) is 0 Å². The van der Waals surface area contributed by atoms with Crippen LogP contribution < -0.4 is 15.8 Å². The molecule has 9 rings (SSSR count). The number of pyridine rings is 1. The summed E-state index contributed by atoms with van der Waals surface area (Å²) in [6.45, 7) is 0.0360. The standard InChI is InChI=1S/C35H22BN3/c1-3-11-23(12-4-1)25-19-20-31-33-32(25)34-35-27(21-22-37-34)26-15-7-9-17-29(26)39(35)36(33)28-16-8-10-18-30(28)38(31)24-13-5-2-6-14-24/h1-22H. The fourth-order valence-electron chi connectivity index (χ4n) is 6.92. The van der Waals surface area contributed by atoms with Crippen LogP contribution in [-0.2, 0) is 0 Å². The molecule has 0 aliphatic carbocycles. The summed E-state index contributed by atoms with van der Waals surface area (Å²) >= 11 is 0. The predicted molar refractivity (Wildman–Crippen MR) is 163 cm³/mol. The van der Waals surface area contributed by atoms with Crippen LogP contribution in [0.25, 0.3) is 44.2 Å². The molecule has 39 heavy (non-hydrogen) atoms. The minimum absolute atomic E-state index is 0.0360. The van der Waals surface area contributed by atoms with Gasteiger partial charge in [-0.2, -0.15) is 0 Å². The fraction of sp³-hybridized carbons (Fsp3) is 0. The van der Waals surface area contributed by atoms with Crippen molar-refractivity contribution in [2.45, 2.75) is 0 Å². The Kier molecular flexibility index (Phi) is 4.14. The second-order valence-corrected chi connectivity index (χ2v) is 10.4. The van der Waals surface area contributed by atoms with E-state index in [0.717, 1.165) is 11.4 Å². The summed E-state index contributed by atoms with van der Waals surface area (Å²) in [5.41, 5.74) is 13.4. The number of nitrogens with zero attached hydrogens (tertiary/aromatic N) is 3. The van der Waals surface area contributed by atoms with Crippen molar-refractivity contribution in [1.82, 2.24) is 9.46 Å². The quantitative estimate of drug-likeness (QED) is 0.235. The fourth-order valence-corrected chi connectivity index (χ4v) is 6.92. The van der Waals surface area contributed by atoms with Crippen molar-refractivity contribution in [3.05, 3.63) is 134 Å². The third-order valence-electron chi connectivity index (χ3n) is 8.42. The molecule has 0 saturated heterocycles. The SMILES string of the molecule is c1ccc(-c2ccc3c4c2-c2nccc5c6ccccc6n(c25)B4c2ccccc2N3c2ccccc2)cc1. The van der Waals surface area contributed by atoms with Gasteiger partial charge < -0.3 is 9.38 Å². The largest absolute Gasteiger partial charge is 0.374 e. The lowest BCUT2D eigenvalue weighted by atomic mass is 9.45. The van der Waals surface area contributed by atoms with Gasteiger partial charge in [0.15, 0.2) is 0 Å². The third kappa shape index (κ3) is 2.70. The highest BCUT2D eigenvalue weighted by Gasteiger charge is 2.43. The molecule has 0 saturated carbocycles. The van der Waals surface area contributed by atoms with E-state index in [4.69, 9.17) is 4.98 Å². The minimum Gasteiger partial charge on any atom is -0.374 e. The lowest BCUT2D eigenvalue weighted by Gasteiger charge is -2.40. The van der Waals surface area contributed by atoms with Crippen molar-refractivity contribution in [2.24, 2.45) is 0 Å². The molecule has 0 radical (unpaired) electrons. The molecule has 0 spiro atoms. The van der Waals surface area contributed by atoms with E-state index in [9.17, 15) is 0 Å². The van der Waals surface area contributed by atoms with E-state index in [1.165, 1.54) is 60.8 Å². The van der Waals surface area contributed by atoms with E-state index in [2.05, 4.69) is 137 Å². The summed E-state index contributed by atoms with van der Waals surface area (Å²) in [6.07, 6.45) is 1.98. The van der Waals surface area contributed by atoms with E-state index >= 15 is 0 Å². The van der Waals surface area contributed by atoms with Crippen LogP contribution in [0.5, 0.6) is 0 Å². The molecule has 2 aliphatic rings. The molecule has 3 nitrogen and oxygen atoms in total. The molecular weight excluding hydrogens is 473 g/mol. The molecule has 0 bridgehead atoms. The van der Waals surface area contributed by atoms with Crippen molar-refractivity contribution in [3.63, 3.8) is 0 Å². The first kappa shape index (κ1) is 20.9. The number of hydrogen-bond donors (Lipinski definition) is 0. The molecule has 0 unspecified atom stereocenters. The first-order valence-corrected chi connectivity index (χ1v) is 13.4. The predicted octanol–water partition coefficient (Wildman–Crippen LogP) is 7.27. The van der Waals surface area contributed by atoms with Crippen LogP contribution in [0.1, 0.15) is 0 Å². The summed E-state index contributed by atoms with van der Waals surface area (Å²) < 4.78 is 2.55. The van der Waals surface area contributed by atoms with E-state index in [1.54, 1.807) is 0 Å². The average molecular weight is 495 g/mol. The number of hydrogen-bond acceptors (Lipinski definition) is 2. The highest BCUT2D eigenvalue weighted by atomic mass is 15.2. The first-order chi connectivity index (χ1) is 19.4. The molecule has 0 amide bonds. The normalized spacial score (nSPS) is 13.0. The van der Waals surface area contributed by atoms with Crippen LogP contribution in [0.2, 0.25) is 0 Å². The Morgan fingerprint density at radius 2 is 1.33 bits per heavy atom. The number of para-hydroxylation sites is 3. The van der Waals surface area contributed by atoms with E-state index < -0.39 is 0 Å². The number of anilines is 3. The number of benzene rings is 5. The molecular formula is C35H22BN3. The van der Waals surface area contributed by atoms with E-state index in [1.807, 2.05) is 6.20 Å². The molecule has 2 aromatic heterocycles. The Hall–Kier alpha value is -5.09. The highest BCUT2D eigenvalue weighted by Crippen LogP contribution is 2.46. The Labute approximate surface area is 226 Å². The molecule has 7 aromatic rings. The molecule has 5 aromatic carbocycles. The number of fused-ring (bicyclic) bond motifs is 7. The lowest BCUT2D eigenvalue weighted by Crippen LogP contribution is -2.56. The van der Waals surface area contributed by atoms with Gasteiger partial charge in [0.25, 0.3) is 0 Å².